The van der Waals surface area contributed by atoms with E-state index in [1.54, 1.807) is 6.07 Å². The number of benzene rings is 2. The van der Waals surface area contributed by atoms with Gasteiger partial charge in [-0.3, -0.25) is 0 Å². The van der Waals surface area contributed by atoms with Gasteiger partial charge in [-0.2, -0.15) is 0 Å². The molecular weight excluding hydrogens is 355 g/mol. The molecule has 0 fully saturated rings. The Labute approximate surface area is 150 Å². The van der Waals surface area contributed by atoms with Crippen molar-refractivity contribution < 1.29 is 4.84 Å². The van der Waals surface area contributed by atoms with Crippen molar-refractivity contribution in [2.45, 2.75) is 19.1 Å². The van der Waals surface area contributed by atoms with Gasteiger partial charge in [0.25, 0.3) is 0 Å². The van der Waals surface area contributed by atoms with Gasteiger partial charge >= 0.3 is 0 Å². The van der Waals surface area contributed by atoms with Gasteiger partial charge in [-0.15, -0.1) is 0 Å². The fourth-order valence-electron chi connectivity index (χ4n) is 2.39. The van der Waals surface area contributed by atoms with Gasteiger partial charge in [-0.05, 0) is 23.8 Å². The Bertz CT molecular complexity index is 734. The van der Waals surface area contributed by atoms with E-state index in [1.165, 1.54) is 0 Å². The molecule has 0 saturated heterocycles. The maximum absolute atomic E-state index is 6.13. The first-order valence-electron chi connectivity index (χ1n) is 7.25. The Morgan fingerprint density at radius 3 is 2.65 bits per heavy atom. The molecular formula is C17H15Cl3N2O. The van der Waals surface area contributed by atoms with E-state index < -0.39 is 0 Å². The van der Waals surface area contributed by atoms with Crippen LogP contribution in [-0.4, -0.2) is 18.4 Å². The smallest absolute Gasteiger partial charge is 0.145 e. The monoisotopic (exact) mass is 368 g/mol. The highest BCUT2D eigenvalue weighted by molar-refractivity contribution is 6.42. The van der Waals surface area contributed by atoms with Crippen LogP contribution in [0.5, 0.6) is 0 Å². The zero-order chi connectivity index (χ0) is 16.2. The average molecular weight is 370 g/mol. The molecule has 3 rings (SSSR count). The summed E-state index contributed by atoms with van der Waals surface area (Å²) in [6.07, 6.45) is 0.731. The van der Waals surface area contributed by atoms with Gasteiger partial charge in [0.1, 0.15) is 6.10 Å². The summed E-state index contributed by atoms with van der Waals surface area (Å²) < 4.78 is 0. The van der Waals surface area contributed by atoms with E-state index in [2.05, 4.69) is 10.5 Å². The molecule has 1 aliphatic rings. The highest BCUT2D eigenvalue weighted by atomic mass is 35.5. The molecule has 1 atom stereocenters. The van der Waals surface area contributed by atoms with Crippen LogP contribution in [0.3, 0.4) is 0 Å². The summed E-state index contributed by atoms with van der Waals surface area (Å²) in [5, 5.41) is 9.32. The molecule has 0 amide bonds. The minimum Gasteiger partial charge on any atom is -0.390 e. The first-order valence-corrected chi connectivity index (χ1v) is 8.39. The van der Waals surface area contributed by atoms with Crippen LogP contribution in [0, 0.1) is 0 Å². The average Bonchev–Trinajstić information content (AvgIpc) is 3.01. The number of hydrogen-bond donors (Lipinski definition) is 1. The molecule has 0 bridgehead atoms. The second-order valence-electron chi connectivity index (χ2n) is 5.32. The number of oxime groups is 1. The lowest BCUT2D eigenvalue weighted by Crippen LogP contribution is -2.26. The molecule has 3 nitrogen and oxygen atoms in total. The van der Waals surface area contributed by atoms with Crippen LogP contribution in [-0.2, 0) is 11.4 Å². The van der Waals surface area contributed by atoms with Gasteiger partial charge in [-0.1, -0.05) is 64.2 Å². The molecule has 0 radical (unpaired) electrons. The molecule has 0 aliphatic carbocycles. The van der Waals surface area contributed by atoms with Crippen LogP contribution in [0.1, 0.15) is 17.5 Å². The molecule has 0 aromatic heterocycles. The lowest BCUT2D eigenvalue weighted by molar-refractivity contribution is 0.0848. The van der Waals surface area contributed by atoms with Crippen molar-refractivity contribution in [1.82, 2.24) is 5.32 Å². The predicted molar refractivity (Wildman–Crippen MR) is 95.6 cm³/mol. The van der Waals surface area contributed by atoms with Crippen LogP contribution in [0.25, 0.3) is 0 Å². The van der Waals surface area contributed by atoms with Crippen molar-refractivity contribution in [2.75, 3.05) is 6.54 Å². The van der Waals surface area contributed by atoms with E-state index in [4.69, 9.17) is 39.6 Å². The highest BCUT2D eigenvalue weighted by Gasteiger charge is 2.22. The van der Waals surface area contributed by atoms with Crippen molar-refractivity contribution in [2.24, 2.45) is 5.16 Å². The molecule has 120 valence electrons. The largest absolute Gasteiger partial charge is 0.390 e. The molecule has 1 aliphatic heterocycles. The van der Waals surface area contributed by atoms with E-state index in [-0.39, 0.29) is 6.10 Å². The molecule has 1 heterocycles. The van der Waals surface area contributed by atoms with Gasteiger partial charge < -0.3 is 10.2 Å². The third-order valence-electron chi connectivity index (χ3n) is 3.63. The summed E-state index contributed by atoms with van der Waals surface area (Å²) in [5.41, 5.74) is 2.89. The molecule has 1 N–H and O–H groups in total. The van der Waals surface area contributed by atoms with Gasteiger partial charge in [0.15, 0.2) is 0 Å². The Morgan fingerprint density at radius 2 is 1.87 bits per heavy atom. The van der Waals surface area contributed by atoms with Crippen LogP contribution in [0.2, 0.25) is 15.1 Å². The van der Waals surface area contributed by atoms with Gasteiger partial charge in [0.05, 0.1) is 15.8 Å². The van der Waals surface area contributed by atoms with E-state index in [9.17, 15) is 0 Å². The Kier molecular flexibility index (Phi) is 5.44. The topological polar surface area (TPSA) is 33.6 Å². The normalized spacial score (nSPS) is 17.0. The number of nitrogens with zero attached hydrogens (tertiary/aromatic N) is 1. The number of hydrogen-bond acceptors (Lipinski definition) is 3. The molecule has 2 aromatic carbocycles. The van der Waals surface area contributed by atoms with Crippen molar-refractivity contribution in [3.63, 3.8) is 0 Å². The second kappa shape index (κ2) is 7.54. The lowest BCUT2D eigenvalue weighted by Gasteiger charge is -2.10. The van der Waals surface area contributed by atoms with Gasteiger partial charge in [-0.25, -0.2) is 0 Å². The third kappa shape index (κ3) is 4.18. The SMILES string of the molecule is Clc1ccc(C2=NOC(CNCc3ccccc3Cl)C2)cc1Cl. The molecule has 6 heteroatoms. The molecule has 0 spiro atoms. The summed E-state index contributed by atoms with van der Waals surface area (Å²) in [6.45, 7) is 1.39. The number of halogens is 3. The van der Waals surface area contributed by atoms with E-state index in [1.807, 2.05) is 36.4 Å². The minimum absolute atomic E-state index is 0.00180. The van der Waals surface area contributed by atoms with Crippen molar-refractivity contribution in [3.05, 3.63) is 68.7 Å². The molecule has 1 unspecified atom stereocenters. The zero-order valence-electron chi connectivity index (χ0n) is 12.2. The van der Waals surface area contributed by atoms with Crippen LogP contribution in [0.4, 0.5) is 0 Å². The van der Waals surface area contributed by atoms with Gasteiger partial charge in [0.2, 0.25) is 0 Å². The van der Waals surface area contributed by atoms with Crippen molar-refractivity contribution >= 4 is 40.5 Å². The van der Waals surface area contributed by atoms with Crippen LogP contribution < -0.4 is 5.32 Å². The van der Waals surface area contributed by atoms with Gasteiger partial charge in [0, 0.05) is 30.1 Å². The summed E-state index contributed by atoms with van der Waals surface area (Å²) in [6, 6.07) is 13.3. The predicted octanol–water partition coefficient (Wildman–Crippen LogP) is 4.93. The fourth-order valence-corrected chi connectivity index (χ4v) is 2.89. The summed E-state index contributed by atoms with van der Waals surface area (Å²) in [5.74, 6) is 0. The molecule has 2 aromatic rings. The quantitative estimate of drug-likeness (QED) is 0.810. The Hall–Kier alpha value is -1.26. The standard InChI is InChI=1S/C17H15Cl3N2O/c18-14-4-2-1-3-12(14)9-21-10-13-8-17(22-23-13)11-5-6-15(19)16(20)7-11/h1-7,13,21H,8-10H2. The molecule has 23 heavy (non-hydrogen) atoms. The Balaban J connectivity index is 1.51. The maximum atomic E-state index is 6.13. The third-order valence-corrected chi connectivity index (χ3v) is 4.74. The Morgan fingerprint density at radius 1 is 1.04 bits per heavy atom. The van der Waals surface area contributed by atoms with Crippen molar-refractivity contribution in [3.8, 4) is 0 Å². The second-order valence-corrected chi connectivity index (χ2v) is 6.54. The van der Waals surface area contributed by atoms with Crippen molar-refractivity contribution in [1.29, 1.82) is 0 Å². The molecule has 0 saturated carbocycles. The van der Waals surface area contributed by atoms with Crippen LogP contribution >= 0.6 is 34.8 Å². The minimum atomic E-state index is 0.00180. The summed E-state index contributed by atoms with van der Waals surface area (Å²) >= 11 is 18.1. The first-order chi connectivity index (χ1) is 11.1. The highest BCUT2D eigenvalue weighted by Crippen LogP contribution is 2.25. The van der Waals surface area contributed by atoms with E-state index in [0.29, 0.717) is 23.1 Å². The maximum Gasteiger partial charge on any atom is 0.145 e. The number of rotatable bonds is 5. The van der Waals surface area contributed by atoms with E-state index >= 15 is 0 Å². The zero-order valence-corrected chi connectivity index (χ0v) is 14.5. The lowest BCUT2D eigenvalue weighted by atomic mass is 10.1. The number of nitrogens with one attached hydrogen (secondary N) is 1. The fraction of sp³-hybridized carbons (Fsp3) is 0.235. The summed E-state index contributed by atoms with van der Waals surface area (Å²) in [7, 11) is 0. The van der Waals surface area contributed by atoms with Crippen LogP contribution in [0.15, 0.2) is 47.6 Å². The van der Waals surface area contributed by atoms with E-state index in [0.717, 1.165) is 28.3 Å². The summed E-state index contributed by atoms with van der Waals surface area (Å²) in [4.78, 5) is 5.47. The first kappa shape index (κ1) is 16.6.